The second-order valence-corrected chi connectivity index (χ2v) is 7.59. The number of piperidine rings is 1. The van der Waals surface area contributed by atoms with E-state index in [0.29, 0.717) is 25.6 Å². The van der Waals surface area contributed by atoms with E-state index in [1.54, 1.807) is 10.9 Å². The Morgan fingerprint density at radius 2 is 2.00 bits per heavy atom. The van der Waals surface area contributed by atoms with Crippen LogP contribution in [0.15, 0.2) is 17.6 Å². The summed E-state index contributed by atoms with van der Waals surface area (Å²) in [6, 6.07) is 1.86. The van der Waals surface area contributed by atoms with Crippen LogP contribution in [0.3, 0.4) is 0 Å². The number of amides is 1. The largest absolute Gasteiger partial charge is 0.426 e. The summed E-state index contributed by atoms with van der Waals surface area (Å²) in [6.07, 6.45) is -2.35. The second-order valence-electron chi connectivity index (χ2n) is 6.53. The Morgan fingerprint density at radius 3 is 2.54 bits per heavy atom. The molecule has 1 unspecified atom stereocenters. The maximum atomic E-state index is 12.9. The first-order valence-electron chi connectivity index (χ1n) is 8.16. The molecule has 0 aromatic carbocycles. The van der Waals surface area contributed by atoms with Gasteiger partial charge < -0.3 is 10.0 Å². The van der Waals surface area contributed by atoms with Crippen molar-refractivity contribution >= 4 is 17.2 Å². The van der Waals surface area contributed by atoms with Gasteiger partial charge in [-0.3, -0.25) is 4.79 Å². The van der Waals surface area contributed by atoms with Crippen molar-refractivity contribution in [1.29, 1.82) is 0 Å². The number of aryl methyl sites for hydroxylation is 1. The van der Waals surface area contributed by atoms with Crippen molar-refractivity contribution in [3.8, 4) is 5.82 Å². The quantitative estimate of drug-likeness (QED) is 0.878. The first-order chi connectivity index (χ1) is 12.1. The first kappa shape index (κ1) is 18.8. The number of aromatic nitrogens is 3. The van der Waals surface area contributed by atoms with E-state index in [1.165, 1.54) is 11.3 Å². The third kappa shape index (κ3) is 3.35. The van der Waals surface area contributed by atoms with Crippen molar-refractivity contribution in [3.05, 3.63) is 28.3 Å². The van der Waals surface area contributed by atoms with Gasteiger partial charge in [0.2, 0.25) is 5.60 Å². The van der Waals surface area contributed by atoms with Crippen molar-refractivity contribution in [2.24, 2.45) is 0 Å². The molecule has 1 amide bonds. The summed E-state index contributed by atoms with van der Waals surface area (Å²) in [5.41, 5.74) is -2.44. The molecular weight excluding hydrogens is 369 g/mol. The molecule has 1 N–H and O–H groups in total. The molecule has 0 saturated carbocycles. The van der Waals surface area contributed by atoms with Crippen LogP contribution in [-0.2, 0) is 4.79 Å². The van der Waals surface area contributed by atoms with Gasteiger partial charge in [-0.05, 0) is 32.8 Å². The molecule has 3 heterocycles. The molecule has 1 atom stereocenters. The van der Waals surface area contributed by atoms with E-state index in [2.05, 4.69) is 10.1 Å². The Hall–Kier alpha value is -1.94. The summed E-state index contributed by atoms with van der Waals surface area (Å²) in [4.78, 5) is 17.6. The minimum atomic E-state index is -5.00. The third-order valence-electron chi connectivity index (χ3n) is 4.66. The van der Waals surface area contributed by atoms with Crippen molar-refractivity contribution in [2.45, 2.75) is 44.4 Å². The Morgan fingerprint density at radius 1 is 1.35 bits per heavy atom. The lowest BCUT2D eigenvalue weighted by molar-refractivity contribution is -0.250. The number of carbonyl (C=O) groups is 1. The van der Waals surface area contributed by atoms with Crippen LogP contribution in [0.25, 0.3) is 5.82 Å². The summed E-state index contributed by atoms with van der Waals surface area (Å²) in [7, 11) is 0. The van der Waals surface area contributed by atoms with Gasteiger partial charge in [0.25, 0.3) is 5.91 Å². The van der Waals surface area contributed by atoms with Crippen molar-refractivity contribution in [3.63, 3.8) is 0 Å². The van der Waals surface area contributed by atoms with Gasteiger partial charge in [0.15, 0.2) is 5.82 Å². The lowest BCUT2D eigenvalue weighted by atomic mass is 9.92. The monoisotopic (exact) mass is 388 g/mol. The van der Waals surface area contributed by atoms with E-state index in [9.17, 15) is 23.1 Å². The molecule has 1 aliphatic rings. The molecule has 0 bridgehead atoms. The van der Waals surface area contributed by atoms with E-state index < -0.39 is 17.7 Å². The average molecular weight is 388 g/mol. The van der Waals surface area contributed by atoms with Crippen LogP contribution in [0.2, 0.25) is 0 Å². The molecule has 142 valence electrons. The zero-order chi connectivity index (χ0) is 19.1. The number of hydrogen-bond acceptors (Lipinski definition) is 5. The lowest BCUT2D eigenvalue weighted by Crippen LogP contribution is -2.57. The summed E-state index contributed by atoms with van der Waals surface area (Å²) in [5, 5.41) is 16.7. The molecule has 0 aliphatic carbocycles. The minimum Gasteiger partial charge on any atom is -0.373 e. The van der Waals surface area contributed by atoms with Crippen LogP contribution in [-0.4, -0.2) is 55.5 Å². The molecule has 2 aromatic rings. The molecule has 26 heavy (non-hydrogen) atoms. The van der Waals surface area contributed by atoms with Crippen LogP contribution >= 0.6 is 11.3 Å². The number of likely N-dealkylation sites (tertiary alicyclic amines) is 1. The van der Waals surface area contributed by atoms with Crippen molar-refractivity contribution in [2.75, 3.05) is 13.1 Å². The highest BCUT2D eigenvalue weighted by Gasteiger charge is 2.57. The maximum absolute atomic E-state index is 12.9. The van der Waals surface area contributed by atoms with Gasteiger partial charge >= 0.3 is 6.18 Å². The maximum Gasteiger partial charge on any atom is 0.426 e. The third-order valence-corrected chi connectivity index (χ3v) is 5.43. The summed E-state index contributed by atoms with van der Waals surface area (Å²) >= 11 is 1.51. The fraction of sp³-hybridized carbons (Fsp3) is 0.562. The van der Waals surface area contributed by atoms with Crippen LogP contribution in [0.4, 0.5) is 13.2 Å². The lowest BCUT2D eigenvalue weighted by Gasteiger charge is -2.36. The summed E-state index contributed by atoms with van der Waals surface area (Å²) in [6.45, 7) is 2.70. The molecule has 0 radical (unpaired) electrons. The average Bonchev–Trinajstić information content (AvgIpc) is 3.21. The van der Waals surface area contributed by atoms with E-state index >= 15 is 0 Å². The van der Waals surface area contributed by atoms with E-state index in [1.807, 2.05) is 18.4 Å². The number of thiazole rings is 1. The first-order valence-corrected chi connectivity index (χ1v) is 9.04. The summed E-state index contributed by atoms with van der Waals surface area (Å²) in [5.74, 6) is -0.530. The van der Waals surface area contributed by atoms with Gasteiger partial charge in [0.05, 0.1) is 5.01 Å². The molecular formula is C16H19F3N4O2S. The van der Waals surface area contributed by atoms with Crippen LogP contribution in [0.5, 0.6) is 0 Å². The van der Waals surface area contributed by atoms with E-state index in [-0.39, 0.29) is 19.0 Å². The molecule has 1 fully saturated rings. The molecule has 3 rings (SSSR count). The van der Waals surface area contributed by atoms with Gasteiger partial charge in [-0.25, -0.2) is 9.67 Å². The number of halogens is 3. The van der Waals surface area contributed by atoms with Gasteiger partial charge in [-0.15, -0.1) is 11.3 Å². The van der Waals surface area contributed by atoms with Crippen molar-refractivity contribution in [1.82, 2.24) is 19.7 Å². The van der Waals surface area contributed by atoms with Crippen molar-refractivity contribution < 1.29 is 23.1 Å². The highest BCUT2D eigenvalue weighted by molar-refractivity contribution is 7.09. The Labute approximate surface area is 152 Å². The number of nitrogens with zero attached hydrogens (tertiary/aromatic N) is 4. The van der Waals surface area contributed by atoms with Crippen LogP contribution < -0.4 is 0 Å². The Bertz CT molecular complexity index is 792. The predicted octanol–water partition coefficient (Wildman–Crippen LogP) is 2.66. The van der Waals surface area contributed by atoms with Gasteiger partial charge in [-0.1, -0.05) is 0 Å². The molecule has 2 aromatic heterocycles. The summed E-state index contributed by atoms with van der Waals surface area (Å²) < 4.78 is 40.3. The van der Waals surface area contributed by atoms with E-state index in [4.69, 9.17) is 0 Å². The Balaban J connectivity index is 1.70. The number of carbonyl (C=O) groups excluding carboxylic acids is 1. The molecule has 1 saturated heterocycles. The van der Waals surface area contributed by atoms with Gasteiger partial charge in [0, 0.05) is 36.3 Å². The molecule has 0 spiro atoms. The van der Waals surface area contributed by atoms with Gasteiger partial charge in [-0.2, -0.15) is 18.3 Å². The zero-order valence-electron chi connectivity index (χ0n) is 14.3. The van der Waals surface area contributed by atoms with E-state index in [0.717, 1.165) is 15.6 Å². The standard InChI is InChI=1S/C16H19F3N4O2S/c1-10-21-13(9-26-10)23-12(3-6-20-23)11-4-7-22(8-5-11)14(24)15(2,25)16(17,18)19/h3,6,9,11,25H,4-5,7-8H2,1-2H3. The number of alkyl halides is 3. The zero-order valence-corrected chi connectivity index (χ0v) is 15.1. The minimum absolute atomic E-state index is 0.0550. The molecule has 10 heteroatoms. The molecule has 6 nitrogen and oxygen atoms in total. The number of hydrogen-bond donors (Lipinski definition) is 1. The highest BCUT2D eigenvalue weighted by atomic mass is 32.1. The smallest absolute Gasteiger partial charge is 0.373 e. The van der Waals surface area contributed by atoms with Crippen LogP contribution in [0, 0.1) is 6.92 Å². The molecule has 1 aliphatic heterocycles. The highest BCUT2D eigenvalue weighted by Crippen LogP contribution is 2.34. The fourth-order valence-corrected chi connectivity index (χ4v) is 3.65. The SMILES string of the molecule is Cc1nc(-n2nccc2C2CCN(C(=O)C(C)(O)C(F)(F)F)CC2)cs1. The second kappa shape index (κ2) is 6.66. The normalized spacial score (nSPS) is 18.8. The van der Waals surface area contributed by atoms with Gasteiger partial charge in [0.1, 0.15) is 0 Å². The predicted molar refractivity (Wildman–Crippen MR) is 89.2 cm³/mol. The topological polar surface area (TPSA) is 71.2 Å². The Kier molecular flexibility index (Phi) is 4.82. The van der Waals surface area contributed by atoms with Crippen LogP contribution in [0.1, 0.15) is 36.4 Å². The number of aliphatic hydroxyl groups is 1. The fourth-order valence-electron chi connectivity index (χ4n) is 3.07. The number of rotatable bonds is 3.